The maximum absolute atomic E-state index is 8.97. The first-order chi connectivity index (χ1) is 7.36. The minimum absolute atomic E-state index is 0.441. The van der Waals surface area contributed by atoms with Crippen LogP contribution in [0.15, 0.2) is 29.4 Å². The smallest absolute Gasteiger partial charge is 0.0999 e. The average molecular weight is 194 g/mol. The number of benzene rings is 1. The van der Waals surface area contributed by atoms with E-state index in [0.29, 0.717) is 22.4 Å². The molecule has 0 aliphatic carbocycles. The molecule has 0 unspecified atom stereocenters. The fourth-order valence-electron chi connectivity index (χ4n) is 1.42. The van der Waals surface area contributed by atoms with E-state index in [2.05, 4.69) is 22.7 Å². The molecule has 0 atom stereocenters. The van der Waals surface area contributed by atoms with Crippen LogP contribution < -0.4 is 5.43 Å². The third-order valence-electron chi connectivity index (χ3n) is 2.08. The summed E-state index contributed by atoms with van der Waals surface area (Å²) in [5.74, 6) is 0. The van der Waals surface area contributed by atoms with Gasteiger partial charge in [0.05, 0.1) is 29.0 Å². The van der Waals surface area contributed by atoms with Gasteiger partial charge in [-0.3, -0.25) is 5.43 Å². The highest BCUT2D eigenvalue weighted by Crippen LogP contribution is 2.28. The van der Waals surface area contributed by atoms with Crippen LogP contribution in [0.3, 0.4) is 0 Å². The Bertz CT molecular complexity index is 541. The van der Waals surface area contributed by atoms with Crippen molar-refractivity contribution in [3.8, 4) is 12.1 Å². The van der Waals surface area contributed by atoms with Crippen LogP contribution in [0.4, 0.5) is 5.69 Å². The van der Waals surface area contributed by atoms with Crippen LogP contribution in [0.2, 0.25) is 0 Å². The van der Waals surface area contributed by atoms with Crippen molar-refractivity contribution >= 4 is 17.5 Å². The molecular weight excluding hydrogens is 188 g/mol. The molecule has 0 aromatic heterocycles. The van der Waals surface area contributed by atoms with Gasteiger partial charge in [-0.15, -0.1) is 0 Å². The Labute approximate surface area is 86.8 Å². The quantitative estimate of drug-likeness (QED) is 0.685. The molecule has 0 bridgehead atoms. The third kappa shape index (κ3) is 1.45. The lowest BCUT2D eigenvalue weighted by Gasteiger charge is -2.06. The molecular formula is C11H6N4. The van der Waals surface area contributed by atoms with E-state index in [4.69, 9.17) is 10.5 Å². The Morgan fingerprint density at radius 1 is 1.20 bits per heavy atom. The Balaban J connectivity index is 2.74. The first kappa shape index (κ1) is 8.98. The van der Waals surface area contributed by atoms with Crippen molar-refractivity contribution in [3.63, 3.8) is 0 Å². The van der Waals surface area contributed by atoms with E-state index in [9.17, 15) is 0 Å². The summed E-state index contributed by atoms with van der Waals surface area (Å²) in [4.78, 5) is 0. The summed E-state index contributed by atoms with van der Waals surface area (Å²) in [6, 6.07) is 9.32. The van der Waals surface area contributed by atoms with Crippen LogP contribution in [0.25, 0.3) is 5.57 Å². The van der Waals surface area contributed by atoms with Crippen molar-refractivity contribution in [2.45, 2.75) is 0 Å². The standard InChI is InChI=1S/C11H6N4/c12-6-8-2-1-3-10-11(8)9(7-13)4-5-14-15-10/h1-5,15H. The van der Waals surface area contributed by atoms with E-state index in [1.807, 2.05) is 0 Å². The highest BCUT2D eigenvalue weighted by Gasteiger charge is 2.13. The first-order valence-corrected chi connectivity index (χ1v) is 4.30. The fourth-order valence-corrected chi connectivity index (χ4v) is 1.42. The van der Waals surface area contributed by atoms with Gasteiger partial charge in [0.1, 0.15) is 0 Å². The molecule has 0 amide bonds. The minimum Gasteiger partial charge on any atom is -0.278 e. The number of rotatable bonds is 0. The number of hydrazone groups is 1. The van der Waals surface area contributed by atoms with E-state index < -0.39 is 0 Å². The predicted octanol–water partition coefficient (Wildman–Crippen LogP) is 1.88. The summed E-state index contributed by atoms with van der Waals surface area (Å²) in [5.41, 5.74) is 4.98. The zero-order valence-electron chi connectivity index (χ0n) is 7.73. The molecule has 15 heavy (non-hydrogen) atoms. The van der Waals surface area contributed by atoms with Gasteiger partial charge in [-0.1, -0.05) is 6.07 Å². The summed E-state index contributed by atoms with van der Waals surface area (Å²) in [6.45, 7) is 0. The molecule has 1 aliphatic rings. The Hall–Kier alpha value is -2.59. The zero-order valence-corrected chi connectivity index (χ0v) is 7.73. The number of nitriles is 2. The summed E-state index contributed by atoms with van der Waals surface area (Å²) in [6.07, 6.45) is 3.08. The summed E-state index contributed by atoms with van der Waals surface area (Å²) in [5, 5.41) is 21.8. The number of nitrogens with zero attached hydrogens (tertiary/aromatic N) is 3. The van der Waals surface area contributed by atoms with Gasteiger partial charge in [0, 0.05) is 11.8 Å². The minimum atomic E-state index is 0.441. The second kappa shape index (κ2) is 3.65. The van der Waals surface area contributed by atoms with Gasteiger partial charge in [-0.2, -0.15) is 15.6 Å². The number of anilines is 1. The van der Waals surface area contributed by atoms with Crippen LogP contribution in [-0.2, 0) is 0 Å². The molecule has 2 rings (SSSR count). The van der Waals surface area contributed by atoms with Crippen molar-refractivity contribution in [1.29, 1.82) is 10.5 Å². The lowest BCUT2D eigenvalue weighted by Crippen LogP contribution is -1.94. The van der Waals surface area contributed by atoms with E-state index in [1.54, 1.807) is 24.3 Å². The van der Waals surface area contributed by atoms with Crippen molar-refractivity contribution < 1.29 is 0 Å². The second-order valence-corrected chi connectivity index (χ2v) is 2.92. The lowest BCUT2D eigenvalue weighted by molar-refractivity contribution is 1.34. The SMILES string of the molecule is N#CC1=CC=NNc2cccc(C#N)c21. The Kier molecular flexibility index (Phi) is 2.19. The molecule has 1 heterocycles. The van der Waals surface area contributed by atoms with Gasteiger partial charge in [-0.05, 0) is 18.2 Å². The van der Waals surface area contributed by atoms with Gasteiger partial charge in [0.25, 0.3) is 0 Å². The average Bonchev–Trinajstić information content (AvgIpc) is 2.50. The topological polar surface area (TPSA) is 72.0 Å². The summed E-state index contributed by atoms with van der Waals surface area (Å²) in [7, 11) is 0. The highest BCUT2D eigenvalue weighted by molar-refractivity contribution is 5.97. The molecule has 4 heteroatoms. The molecule has 4 nitrogen and oxygen atoms in total. The van der Waals surface area contributed by atoms with E-state index in [0.717, 1.165) is 0 Å². The second-order valence-electron chi connectivity index (χ2n) is 2.92. The molecule has 0 saturated carbocycles. The van der Waals surface area contributed by atoms with Crippen molar-refractivity contribution in [2.75, 3.05) is 5.43 Å². The Morgan fingerprint density at radius 3 is 2.80 bits per heavy atom. The maximum Gasteiger partial charge on any atom is 0.0999 e. The van der Waals surface area contributed by atoms with E-state index >= 15 is 0 Å². The number of fused-ring (bicyclic) bond motifs is 1. The fraction of sp³-hybridized carbons (Fsp3) is 0. The van der Waals surface area contributed by atoms with Gasteiger partial charge in [-0.25, -0.2) is 0 Å². The maximum atomic E-state index is 8.97. The zero-order chi connectivity index (χ0) is 10.7. The van der Waals surface area contributed by atoms with Crippen molar-refractivity contribution in [2.24, 2.45) is 5.10 Å². The van der Waals surface area contributed by atoms with E-state index in [-0.39, 0.29) is 0 Å². The van der Waals surface area contributed by atoms with Crippen LogP contribution in [0.1, 0.15) is 11.1 Å². The third-order valence-corrected chi connectivity index (χ3v) is 2.08. The number of nitrogens with one attached hydrogen (secondary N) is 1. The van der Waals surface area contributed by atoms with Crippen molar-refractivity contribution in [3.05, 3.63) is 35.4 Å². The van der Waals surface area contributed by atoms with Gasteiger partial charge < -0.3 is 0 Å². The van der Waals surface area contributed by atoms with Gasteiger partial charge in [0.2, 0.25) is 0 Å². The van der Waals surface area contributed by atoms with Crippen LogP contribution in [0, 0.1) is 22.7 Å². The summed E-state index contributed by atoms with van der Waals surface area (Å²) >= 11 is 0. The lowest BCUT2D eigenvalue weighted by atomic mass is 9.99. The van der Waals surface area contributed by atoms with Gasteiger partial charge >= 0.3 is 0 Å². The van der Waals surface area contributed by atoms with Crippen LogP contribution in [0.5, 0.6) is 0 Å². The molecule has 0 radical (unpaired) electrons. The molecule has 1 aliphatic heterocycles. The molecule has 0 spiro atoms. The molecule has 0 saturated heterocycles. The predicted molar refractivity (Wildman–Crippen MR) is 56.9 cm³/mol. The molecule has 70 valence electrons. The molecule has 1 aromatic carbocycles. The largest absolute Gasteiger partial charge is 0.278 e. The number of allylic oxidation sites excluding steroid dienone is 2. The molecule has 1 N–H and O–H groups in total. The van der Waals surface area contributed by atoms with Crippen molar-refractivity contribution in [1.82, 2.24) is 0 Å². The normalized spacial score (nSPS) is 12.5. The van der Waals surface area contributed by atoms with Crippen LogP contribution >= 0.6 is 0 Å². The van der Waals surface area contributed by atoms with Gasteiger partial charge in [0.15, 0.2) is 0 Å². The first-order valence-electron chi connectivity index (χ1n) is 4.30. The van der Waals surface area contributed by atoms with Crippen LogP contribution in [-0.4, -0.2) is 6.21 Å². The number of hydrogen-bond acceptors (Lipinski definition) is 4. The highest BCUT2D eigenvalue weighted by atomic mass is 15.3. The number of hydrogen-bond donors (Lipinski definition) is 1. The molecule has 0 fully saturated rings. The summed E-state index contributed by atoms with van der Waals surface area (Å²) < 4.78 is 0. The monoisotopic (exact) mass is 194 g/mol. The molecule has 1 aromatic rings. The van der Waals surface area contributed by atoms with E-state index in [1.165, 1.54) is 6.21 Å². The Morgan fingerprint density at radius 2 is 2.07 bits per heavy atom.